The topological polar surface area (TPSA) is 132 Å². The molecule has 0 saturated heterocycles. The van der Waals surface area contributed by atoms with Gasteiger partial charge in [0.15, 0.2) is 16.6 Å². The van der Waals surface area contributed by atoms with Crippen LogP contribution in [0.5, 0.6) is 0 Å². The Bertz CT molecular complexity index is 1150. The molecular formula is C16H9NNa2O7. The molecule has 3 aromatic rings. The molecule has 0 spiro atoms. The largest absolute Gasteiger partial charge is 1.00 e. The molecule has 0 saturated carbocycles. The summed E-state index contributed by atoms with van der Waals surface area (Å²) in [5.41, 5.74) is -1.47. The third-order valence-corrected chi connectivity index (χ3v) is 3.69. The minimum atomic E-state index is -1.66. The Kier molecular flexibility index (Phi) is 7.41. The Morgan fingerprint density at radius 1 is 0.962 bits per heavy atom. The van der Waals surface area contributed by atoms with Crippen LogP contribution in [0.25, 0.3) is 21.9 Å². The van der Waals surface area contributed by atoms with Gasteiger partial charge in [-0.3, -0.25) is 9.59 Å². The van der Waals surface area contributed by atoms with Crippen LogP contribution < -0.4 is 80.2 Å². The Labute approximate surface area is 190 Å². The maximum absolute atomic E-state index is 12.2. The van der Waals surface area contributed by atoms with Crippen LogP contribution in [0.3, 0.4) is 0 Å². The standard InChI is InChI=1S/C16H11NO7.2Na/c1-2-17-9-5-13-8(12(19)6-14(24-13)16(22)23)3-7(9)11(18)4-10(17)15(20)21;;/h3-6H,2H2,1H3,(H,20,21)(H,22,23);;/q;2*+1/p-2. The van der Waals surface area contributed by atoms with Gasteiger partial charge >= 0.3 is 59.1 Å². The van der Waals surface area contributed by atoms with Crippen molar-refractivity contribution in [2.24, 2.45) is 0 Å². The number of carboxylic acids is 2. The second kappa shape index (κ2) is 8.51. The van der Waals surface area contributed by atoms with Crippen LogP contribution in [0.2, 0.25) is 0 Å². The molecule has 26 heavy (non-hydrogen) atoms. The number of carbonyl (C=O) groups excluding carboxylic acids is 2. The maximum Gasteiger partial charge on any atom is 1.00 e. The molecule has 2 heterocycles. The number of carboxylic acid groups (broad SMARTS) is 2. The van der Waals surface area contributed by atoms with E-state index in [2.05, 4.69) is 0 Å². The first kappa shape index (κ1) is 22.6. The number of hydrogen-bond acceptors (Lipinski definition) is 7. The van der Waals surface area contributed by atoms with Gasteiger partial charge in [-0.2, -0.15) is 0 Å². The summed E-state index contributed by atoms with van der Waals surface area (Å²) in [4.78, 5) is 46.3. The van der Waals surface area contributed by atoms with Crippen molar-refractivity contribution in [1.82, 2.24) is 4.57 Å². The van der Waals surface area contributed by atoms with Gasteiger partial charge in [-0.1, -0.05) is 0 Å². The summed E-state index contributed by atoms with van der Waals surface area (Å²) in [5, 5.41) is 22.2. The number of rotatable bonds is 3. The molecule has 0 aliphatic carbocycles. The quantitative estimate of drug-likeness (QED) is 0.329. The Morgan fingerprint density at radius 2 is 1.58 bits per heavy atom. The van der Waals surface area contributed by atoms with Gasteiger partial charge in [0.2, 0.25) is 0 Å². The number of carbonyl (C=O) groups is 2. The molecule has 0 N–H and O–H groups in total. The summed E-state index contributed by atoms with van der Waals surface area (Å²) < 4.78 is 6.41. The summed E-state index contributed by atoms with van der Waals surface area (Å²) in [5.74, 6) is -3.85. The predicted molar refractivity (Wildman–Crippen MR) is 78.6 cm³/mol. The summed E-state index contributed by atoms with van der Waals surface area (Å²) >= 11 is 0. The number of aromatic nitrogens is 1. The van der Waals surface area contributed by atoms with E-state index < -0.39 is 28.6 Å². The average Bonchev–Trinajstić information content (AvgIpc) is 2.53. The molecular weight excluding hydrogens is 364 g/mol. The number of hydrogen-bond donors (Lipinski definition) is 0. The molecule has 122 valence electrons. The second-order valence-electron chi connectivity index (χ2n) is 5.05. The molecule has 10 heteroatoms. The van der Waals surface area contributed by atoms with Gasteiger partial charge in [0, 0.05) is 30.1 Å². The predicted octanol–water partition coefficient (Wildman–Crippen LogP) is -7.14. The van der Waals surface area contributed by atoms with Crippen LogP contribution in [0.4, 0.5) is 0 Å². The monoisotopic (exact) mass is 373 g/mol. The fraction of sp³-hybridized carbons (Fsp3) is 0.125. The van der Waals surface area contributed by atoms with Crippen molar-refractivity contribution >= 4 is 33.8 Å². The third-order valence-electron chi connectivity index (χ3n) is 3.69. The van der Waals surface area contributed by atoms with Crippen LogP contribution in [-0.4, -0.2) is 16.5 Å². The minimum absolute atomic E-state index is 0. The van der Waals surface area contributed by atoms with Crippen molar-refractivity contribution in [3.05, 3.63) is 56.2 Å². The molecule has 0 unspecified atom stereocenters. The van der Waals surface area contributed by atoms with E-state index in [1.807, 2.05) is 0 Å². The normalized spacial score (nSPS) is 10.2. The molecule has 1 aromatic carbocycles. The smallest absolute Gasteiger partial charge is 0.543 e. The van der Waals surface area contributed by atoms with Gasteiger partial charge < -0.3 is 28.8 Å². The Hall–Kier alpha value is -1.42. The van der Waals surface area contributed by atoms with Crippen LogP contribution in [0.1, 0.15) is 28.0 Å². The van der Waals surface area contributed by atoms with Gasteiger partial charge in [-0.05, 0) is 13.0 Å². The zero-order valence-electron chi connectivity index (χ0n) is 14.3. The number of fused-ring (bicyclic) bond motifs is 2. The van der Waals surface area contributed by atoms with E-state index >= 15 is 0 Å². The van der Waals surface area contributed by atoms with Gasteiger partial charge in [-0.25, -0.2) is 0 Å². The fourth-order valence-electron chi connectivity index (χ4n) is 2.63. The number of benzene rings is 1. The van der Waals surface area contributed by atoms with Crippen molar-refractivity contribution in [3.63, 3.8) is 0 Å². The summed E-state index contributed by atoms with van der Waals surface area (Å²) in [6, 6.07) is 4.19. The molecule has 0 fully saturated rings. The van der Waals surface area contributed by atoms with E-state index in [0.29, 0.717) is 0 Å². The summed E-state index contributed by atoms with van der Waals surface area (Å²) in [6.45, 7) is 1.87. The molecule has 0 aliphatic rings. The first-order valence-electron chi connectivity index (χ1n) is 6.91. The molecule has 0 radical (unpaired) electrons. The van der Waals surface area contributed by atoms with Gasteiger partial charge in [0.25, 0.3) is 0 Å². The van der Waals surface area contributed by atoms with E-state index in [0.717, 1.165) is 12.1 Å². The van der Waals surface area contributed by atoms with Gasteiger partial charge in [0.05, 0.1) is 22.6 Å². The van der Waals surface area contributed by atoms with Crippen molar-refractivity contribution in [2.75, 3.05) is 0 Å². The van der Waals surface area contributed by atoms with Crippen molar-refractivity contribution in [1.29, 1.82) is 0 Å². The van der Waals surface area contributed by atoms with Crippen LogP contribution >= 0.6 is 0 Å². The summed E-state index contributed by atoms with van der Waals surface area (Å²) in [6.07, 6.45) is 0. The summed E-state index contributed by atoms with van der Waals surface area (Å²) in [7, 11) is 0. The first-order chi connectivity index (χ1) is 11.3. The zero-order chi connectivity index (χ0) is 17.6. The number of aryl methyl sites for hydroxylation is 1. The number of pyridine rings is 1. The average molecular weight is 373 g/mol. The second-order valence-corrected chi connectivity index (χ2v) is 5.05. The van der Waals surface area contributed by atoms with E-state index in [1.165, 1.54) is 16.7 Å². The minimum Gasteiger partial charge on any atom is -0.543 e. The van der Waals surface area contributed by atoms with E-state index in [-0.39, 0.29) is 93.2 Å². The third kappa shape index (κ3) is 3.80. The van der Waals surface area contributed by atoms with E-state index in [9.17, 15) is 29.4 Å². The van der Waals surface area contributed by atoms with Crippen molar-refractivity contribution < 1.29 is 83.3 Å². The van der Waals surface area contributed by atoms with Gasteiger partial charge in [0.1, 0.15) is 11.6 Å². The number of nitrogens with zero attached hydrogens (tertiary/aromatic N) is 1. The van der Waals surface area contributed by atoms with E-state index in [1.54, 1.807) is 6.92 Å². The molecule has 3 rings (SSSR count). The Balaban J connectivity index is 0.00000169. The van der Waals surface area contributed by atoms with Crippen LogP contribution in [0.15, 0.2) is 38.3 Å². The fourth-order valence-corrected chi connectivity index (χ4v) is 2.63. The SMILES string of the molecule is CCn1c(C(=O)[O-])cc(=O)c2cc3c(=O)cc(C(=O)[O-])oc3cc21.[Na+].[Na+]. The van der Waals surface area contributed by atoms with Gasteiger partial charge in [-0.15, -0.1) is 0 Å². The first-order valence-corrected chi connectivity index (χ1v) is 6.91. The van der Waals surface area contributed by atoms with Crippen LogP contribution in [-0.2, 0) is 6.54 Å². The Morgan fingerprint density at radius 3 is 2.12 bits per heavy atom. The molecule has 0 amide bonds. The molecule has 0 bridgehead atoms. The zero-order valence-corrected chi connectivity index (χ0v) is 18.3. The van der Waals surface area contributed by atoms with E-state index in [4.69, 9.17) is 4.42 Å². The molecule has 0 aliphatic heterocycles. The molecule has 8 nitrogen and oxygen atoms in total. The van der Waals surface area contributed by atoms with Crippen molar-refractivity contribution in [3.8, 4) is 0 Å². The van der Waals surface area contributed by atoms with Crippen LogP contribution in [0, 0.1) is 0 Å². The molecule has 0 atom stereocenters. The molecule has 2 aromatic heterocycles. The maximum atomic E-state index is 12.2. The van der Waals surface area contributed by atoms with Crippen molar-refractivity contribution in [2.45, 2.75) is 13.5 Å². The number of aromatic carboxylic acids is 2.